The summed E-state index contributed by atoms with van der Waals surface area (Å²) in [5.41, 5.74) is 3.22. The molecule has 2 heterocycles. The highest BCUT2D eigenvalue weighted by molar-refractivity contribution is 6.32. The van der Waals surface area contributed by atoms with Crippen molar-refractivity contribution in [2.75, 3.05) is 6.54 Å². The fraction of sp³-hybridized carbons (Fsp3) is 0.500. The van der Waals surface area contributed by atoms with Gasteiger partial charge >= 0.3 is 0 Å². The number of hydrogen-bond donors (Lipinski definition) is 2. The number of ether oxygens (including phenoxy) is 1. The Kier molecular flexibility index (Phi) is 6.17. The molecule has 0 atom stereocenters. The highest BCUT2D eigenvalue weighted by atomic mass is 35.5. The number of carbonyl (C=O) groups excluding carboxylic acids is 1. The number of fused-ring (bicyclic) bond motifs is 1. The van der Waals surface area contributed by atoms with Crippen LogP contribution in [0.3, 0.4) is 0 Å². The van der Waals surface area contributed by atoms with Gasteiger partial charge in [0.2, 0.25) is 0 Å². The fourth-order valence-electron chi connectivity index (χ4n) is 5.53. The van der Waals surface area contributed by atoms with Gasteiger partial charge in [0.25, 0.3) is 0 Å². The number of benzene rings is 2. The number of ketones is 1. The number of nitrogens with one attached hydrogen (secondary N) is 2. The van der Waals surface area contributed by atoms with E-state index in [9.17, 15) is 4.79 Å². The Labute approximate surface area is 190 Å². The number of Topliss-reactive ketones (excluding diaryl/α,β-unsaturated/α-hetero) is 1. The summed E-state index contributed by atoms with van der Waals surface area (Å²) in [5.74, 6) is 1.95. The largest absolute Gasteiger partial charge is 0.456 e. The first-order valence-electron chi connectivity index (χ1n) is 11.2. The summed E-state index contributed by atoms with van der Waals surface area (Å²) in [4.78, 5) is 13.0. The number of hydrogen-bond acceptors (Lipinski definition) is 4. The van der Waals surface area contributed by atoms with Gasteiger partial charge in [-0.1, -0.05) is 23.7 Å². The topological polar surface area (TPSA) is 50.4 Å². The predicted octanol–water partition coefficient (Wildman–Crippen LogP) is 5.91. The van der Waals surface area contributed by atoms with Crippen LogP contribution in [0.5, 0.6) is 11.5 Å². The molecule has 4 nitrogen and oxygen atoms in total. The number of rotatable bonds is 5. The van der Waals surface area contributed by atoms with Gasteiger partial charge in [-0.2, -0.15) is 0 Å². The third-order valence-corrected chi connectivity index (χ3v) is 6.62. The Morgan fingerprint density at radius 2 is 1.84 bits per heavy atom. The lowest BCUT2D eigenvalue weighted by molar-refractivity contribution is 0.0864. The summed E-state index contributed by atoms with van der Waals surface area (Å²) in [6, 6.07) is 11.5. The summed E-state index contributed by atoms with van der Waals surface area (Å²) in [5, 5.41) is 7.54. The molecule has 5 heteroatoms. The van der Waals surface area contributed by atoms with Gasteiger partial charge in [-0.05, 0) is 89.2 Å². The van der Waals surface area contributed by atoms with Crippen molar-refractivity contribution in [1.29, 1.82) is 0 Å². The summed E-state index contributed by atoms with van der Waals surface area (Å²) in [6.07, 6.45) is 3.46. The van der Waals surface area contributed by atoms with Crippen LogP contribution in [0.1, 0.15) is 68.4 Å². The molecule has 0 unspecified atom stereocenters. The Morgan fingerprint density at radius 1 is 1.10 bits per heavy atom. The van der Waals surface area contributed by atoms with E-state index >= 15 is 0 Å². The normalized spacial score (nSPS) is 20.2. The Balaban J connectivity index is 1.47. The molecule has 2 aliphatic heterocycles. The molecular formula is C26H33ClN2O2. The molecule has 2 N–H and O–H groups in total. The minimum Gasteiger partial charge on any atom is -0.456 e. The molecule has 4 rings (SSSR count). The van der Waals surface area contributed by atoms with E-state index in [0.717, 1.165) is 38.1 Å². The van der Waals surface area contributed by atoms with Crippen molar-refractivity contribution in [3.8, 4) is 11.5 Å². The molecule has 1 fully saturated rings. The second-order valence-electron chi connectivity index (χ2n) is 10.4. The van der Waals surface area contributed by atoms with E-state index in [0.29, 0.717) is 28.7 Å². The molecule has 2 aromatic carbocycles. The highest BCUT2D eigenvalue weighted by Crippen LogP contribution is 2.37. The zero-order valence-corrected chi connectivity index (χ0v) is 19.7. The highest BCUT2D eigenvalue weighted by Gasteiger charge is 2.38. The maximum Gasteiger partial charge on any atom is 0.163 e. The first-order chi connectivity index (χ1) is 14.6. The smallest absolute Gasteiger partial charge is 0.163 e. The maximum atomic E-state index is 13.0. The average molecular weight is 441 g/mol. The summed E-state index contributed by atoms with van der Waals surface area (Å²) >= 11 is 6.54. The van der Waals surface area contributed by atoms with Gasteiger partial charge in [0.1, 0.15) is 11.5 Å². The van der Waals surface area contributed by atoms with Gasteiger partial charge in [-0.25, -0.2) is 0 Å². The van der Waals surface area contributed by atoms with Crippen LogP contribution >= 0.6 is 11.6 Å². The summed E-state index contributed by atoms with van der Waals surface area (Å²) in [7, 11) is 0. The summed E-state index contributed by atoms with van der Waals surface area (Å²) < 4.78 is 6.17. The van der Waals surface area contributed by atoms with Gasteiger partial charge in [-0.3, -0.25) is 4.79 Å². The first kappa shape index (κ1) is 22.3. The first-order valence-corrected chi connectivity index (χ1v) is 11.6. The van der Waals surface area contributed by atoms with E-state index in [1.165, 1.54) is 11.1 Å². The monoisotopic (exact) mass is 440 g/mol. The molecule has 0 spiro atoms. The van der Waals surface area contributed by atoms with Gasteiger partial charge in [0, 0.05) is 35.2 Å². The van der Waals surface area contributed by atoms with Crippen LogP contribution in [-0.2, 0) is 13.0 Å². The van der Waals surface area contributed by atoms with Crippen molar-refractivity contribution in [3.05, 3.63) is 58.1 Å². The second-order valence-corrected chi connectivity index (χ2v) is 10.8. The quantitative estimate of drug-likeness (QED) is 0.567. The minimum atomic E-state index is 0.0341. The van der Waals surface area contributed by atoms with E-state index in [-0.39, 0.29) is 16.9 Å². The fourth-order valence-corrected chi connectivity index (χ4v) is 5.75. The predicted molar refractivity (Wildman–Crippen MR) is 126 cm³/mol. The molecule has 0 bridgehead atoms. The number of carbonyl (C=O) groups is 1. The van der Waals surface area contributed by atoms with Crippen molar-refractivity contribution in [3.63, 3.8) is 0 Å². The lowest BCUT2D eigenvalue weighted by atomic mass is 9.74. The van der Waals surface area contributed by atoms with E-state index in [4.69, 9.17) is 16.3 Å². The standard InChI is InChI=1S/C26H33ClN2O2/c1-25(2)14-17(15-26(3,4)29-25)12-22(30)18-8-9-24(21(27)13-18)31-23-7-5-6-19-16-28-11-10-20(19)23/h5-9,13,17,28-29H,10-12,14-16H2,1-4H3. The van der Waals surface area contributed by atoms with Gasteiger partial charge < -0.3 is 15.4 Å². The lowest BCUT2D eigenvalue weighted by Gasteiger charge is -2.46. The molecule has 1 saturated heterocycles. The van der Waals surface area contributed by atoms with Gasteiger partial charge in [-0.15, -0.1) is 0 Å². The van der Waals surface area contributed by atoms with Crippen LogP contribution in [0.4, 0.5) is 0 Å². The van der Waals surface area contributed by atoms with Crippen molar-refractivity contribution in [1.82, 2.24) is 10.6 Å². The Morgan fingerprint density at radius 3 is 2.55 bits per heavy atom. The van der Waals surface area contributed by atoms with Crippen LogP contribution in [0, 0.1) is 5.92 Å². The van der Waals surface area contributed by atoms with Crippen LogP contribution in [0.15, 0.2) is 36.4 Å². The minimum absolute atomic E-state index is 0.0341. The van der Waals surface area contributed by atoms with E-state index in [1.54, 1.807) is 6.07 Å². The van der Waals surface area contributed by atoms with Crippen LogP contribution in [0.2, 0.25) is 5.02 Å². The van der Waals surface area contributed by atoms with Crippen LogP contribution in [0.25, 0.3) is 0 Å². The summed E-state index contributed by atoms with van der Waals surface area (Å²) in [6.45, 7) is 10.7. The molecule has 31 heavy (non-hydrogen) atoms. The van der Waals surface area contributed by atoms with Gasteiger partial charge in [0.05, 0.1) is 5.02 Å². The van der Waals surface area contributed by atoms with Crippen molar-refractivity contribution < 1.29 is 9.53 Å². The SMILES string of the molecule is CC1(C)CC(CC(=O)c2ccc(Oc3cccc4c3CCNC4)c(Cl)c2)CC(C)(C)N1. The second kappa shape index (κ2) is 8.57. The van der Waals surface area contributed by atoms with Crippen molar-refractivity contribution >= 4 is 17.4 Å². The van der Waals surface area contributed by atoms with Crippen LogP contribution < -0.4 is 15.4 Å². The zero-order chi connectivity index (χ0) is 22.2. The molecule has 0 amide bonds. The molecule has 166 valence electrons. The number of halogens is 1. The molecule has 0 saturated carbocycles. The van der Waals surface area contributed by atoms with Crippen molar-refractivity contribution in [2.45, 2.75) is 71.0 Å². The molecule has 2 aromatic rings. The van der Waals surface area contributed by atoms with E-state index in [2.05, 4.69) is 44.4 Å². The number of piperidine rings is 1. The molecule has 0 aromatic heterocycles. The molecule has 2 aliphatic rings. The third-order valence-electron chi connectivity index (χ3n) is 6.32. The molecule has 0 aliphatic carbocycles. The van der Waals surface area contributed by atoms with E-state index in [1.807, 2.05) is 24.3 Å². The molecular weight excluding hydrogens is 408 g/mol. The Bertz CT molecular complexity index is 967. The van der Waals surface area contributed by atoms with Crippen molar-refractivity contribution in [2.24, 2.45) is 5.92 Å². The maximum absolute atomic E-state index is 13.0. The van der Waals surface area contributed by atoms with Gasteiger partial charge in [0.15, 0.2) is 5.78 Å². The van der Waals surface area contributed by atoms with E-state index < -0.39 is 0 Å². The zero-order valence-electron chi connectivity index (χ0n) is 19.0. The molecule has 0 radical (unpaired) electrons. The van der Waals surface area contributed by atoms with Crippen LogP contribution in [-0.4, -0.2) is 23.4 Å². The third kappa shape index (κ3) is 5.31. The average Bonchev–Trinajstić information content (AvgIpc) is 2.67. The Hall–Kier alpha value is -1.88. The lowest BCUT2D eigenvalue weighted by Crippen LogP contribution is -2.57.